The minimum atomic E-state index is -1.36. The average molecular weight is 241 g/mol. The predicted molar refractivity (Wildman–Crippen MR) is 59.4 cm³/mol. The van der Waals surface area contributed by atoms with Crippen molar-refractivity contribution in [3.63, 3.8) is 0 Å². The van der Waals surface area contributed by atoms with E-state index in [0.29, 0.717) is 5.75 Å². The zero-order valence-corrected chi connectivity index (χ0v) is 9.33. The number of methoxy groups -OCH3 is 1. The number of phenols is 1. The highest BCUT2D eigenvalue weighted by Gasteiger charge is 2.23. The Hall–Kier alpha value is -1.79. The lowest BCUT2D eigenvalue weighted by Crippen LogP contribution is -2.25. The van der Waals surface area contributed by atoms with Gasteiger partial charge in [-0.05, 0) is 18.2 Å². The maximum absolute atomic E-state index is 10.6. The zero-order valence-electron chi connectivity index (χ0n) is 9.33. The highest BCUT2D eigenvalue weighted by Crippen LogP contribution is 2.31. The van der Waals surface area contributed by atoms with E-state index in [1.807, 2.05) is 0 Å². The molecule has 6 heteroatoms. The van der Waals surface area contributed by atoms with Crippen LogP contribution in [0.1, 0.15) is 18.1 Å². The molecule has 0 spiro atoms. The van der Waals surface area contributed by atoms with Crippen molar-refractivity contribution in [2.75, 3.05) is 7.11 Å². The number of phenolic OH excluding ortho intramolecular Hbond substituents is 1. The molecule has 2 unspecified atom stereocenters. The van der Waals surface area contributed by atoms with Gasteiger partial charge in [-0.25, -0.2) is 0 Å². The number of amides is 1. The van der Waals surface area contributed by atoms with E-state index in [0.717, 1.165) is 0 Å². The van der Waals surface area contributed by atoms with E-state index in [2.05, 4.69) is 0 Å². The third-order valence-corrected chi connectivity index (χ3v) is 2.31. The molecular weight excluding hydrogens is 226 g/mol. The molecule has 17 heavy (non-hydrogen) atoms. The van der Waals surface area contributed by atoms with E-state index >= 15 is 0 Å². The molecule has 6 nitrogen and oxygen atoms in total. The van der Waals surface area contributed by atoms with Crippen LogP contribution in [0.3, 0.4) is 0 Å². The number of benzene rings is 1. The first kappa shape index (κ1) is 13.3. The molecule has 1 aromatic rings. The van der Waals surface area contributed by atoms with Gasteiger partial charge in [-0.15, -0.1) is 0 Å². The summed E-state index contributed by atoms with van der Waals surface area (Å²) in [6.45, 7) is 0. The molecule has 0 aliphatic carbocycles. The number of rotatable bonds is 5. The second kappa shape index (κ2) is 5.51. The molecule has 0 radical (unpaired) electrons. The first-order valence-electron chi connectivity index (χ1n) is 4.97. The molecular formula is C11H15NO5. The van der Waals surface area contributed by atoms with Crippen molar-refractivity contribution in [3.05, 3.63) is 23.8 Å². The van der Waals surface area contributed by atoms with E-state index in [9.17, 15) is 20.1 Å². The van der Waals surface area contributed by atoms with Crippen molar-refractivity contribution in [3.8, 4) is 11.5 Å². The molecule has 0 fully saturated rings. The molecule has 1 aromatic carbocycles. The Morgan fingerprint density at radius 3 is 2.65 bits per heavy atom. The highest BCUT2D eigenvalue weighted by molar-refractivity contribution is 5.74. The molecule has 0 saturated heterocycles. The number of nitrogens with two attached hydrogens (primary N) is 1. The van der Waals surface area contributed by atoms with Crippen molar-refractivity contribution in [2.45, 2.75) is 18.6 Å². The van der Waals surface area contributed by atoms with E-state index in [1.165, 1.54) is 25.3 Å². The van der Waals surface area contributed by atoms with E-state index in [-0.39, 0.29) is 17.7 Å². The fourth-order valence-electron chi connectivity index (χ4n) is 1.48. The third kappa shape index (κ3) is 3.33. The number of carbonyl (C=O) groups is 1. The van der Waals surface area contributed by atoms with Gasteiger partial charge in [0.1, 0.15) is 17.6 Å². The van der Waals surface area contributed by atoms with Gasteiger partial charge in [-0.1, -0.05) is 0 Å². The number of ether oxygens (including phenoxy) is 1. The Labute approximate surface area is 98.3 Å². The molecule has 0 aliphatic rings. The standard InChI is InChI=1S/C11H15NO5/c1-17-9-3-2-6(13)4-7(9)11(16)8(14)5-10(12)15/h2-4,8,11,13-14,16H,5H2,1H3,(H2,12,15). The van der Waals surface area contributed by atoms with Gasteiger partial charge in [0.25, 0.3) is 0 Å². The van der Waals surface area contributed by atoms with Gasteiger partial charge in [0.15, 0.2) is 0 Å². The molecule has 0 aromatic heterocycles. The quantitative estimate of drug-likeness (QED) is 0.563. The normalized spacial score (nSPS) is 14.1. The second-order valence-corrected chi connectivity index (χ2v) is 3.61. The summed E-state index contributed by atoms with van der Waals surface area (Å²) in [5.74, 6) is -0.499. The van der Waals surface area contributed by atoms with Crippen LogP contribution in [0.4, 0.5) is 0 Å². The lowest BCUT2D eigenvalue weighted by Gasteiger charge is -2.19. The van der Waals surface area contributed by atoms with Crippen LogP contribution in [0.2, 0.25) is 0 Å². The summed E-state index contributed by atoms with van der Waals surface area (Å²) >= 11 is 0. The van der Waals surface area contributed by atoms with Gasteiger partial charge in [0.05, 0.1) is 19.6 Å². The van der Waals surface area contributed by atoms with Crippen LogP contribution < -0.4 is 10.5 Å². The average Bonchev–Trinajstić information content (AvgIpc) is 2.27. The number of hydrogen-bond donors (Lipinski definition) is 4. The van der Waals surface area contributed by atoms with Crippen LogP contribution in [0.15, 0.2) is 18.2 Å². The van der Waals surface area contributed by atoms with Gasteiger partial charge in [-0.2, -0.15) is 0 Å². The third-order valence-electron chi connectivity index (χ3n) is 2.31. The van der Waals surface area contributed by atoms with Crippen molar-refractivity contribution in [1.29, 1.82) is 0 Å². The predicted octanol–water partition coefficient (Wildman–Crippen LogP) is -0.330. The Morgan fingerprint density at radius 2 is 2.12 bits per heavy atom. The number of aromatic hydroxyl groups is 1. The number of carbonyl (C=O) groups excluding carboxylic acids is 1. The number of hydrogen-bond acceptors (Lipinski definition) is 5. The fraction of sp³-hybridized carbons (Fsp3) is 0.364. The molecule has 0 aliphatic heterocycles. The molecule has 0 bridgehead atoms. The SMILES string of the molecule is COc1ccc(O)cc1C(O)C(O)CC(N)=O. The van der Waals surface area contributed by atoms with Gasteiger partial charge in [-0.3, -0.25) is 4.79 Å². The highest BCUT2D eigenvalue weighted by atomic mass is 16.5. The molecule has 5 N–H and O–H groups in total. The Morgan fingerprint density at radius 1 is 1.47 bits per heavy atom. The van der Waals surface area contributed by atoms with Gasteiger partial charge in [0.2, 0.25) is 5.91 Å². The molecule has 94 valence electrons. The fourth-order valence-corrected chi connectivity index (χ4v) is 1.48. The summed E-state index contributed by atoms with van der Waals surface area (Å²) in [5, 5.41) is 28.7. The van der Waals surface area contributed by atoms with Crippen molar-refractivity contribution < 1.29 is 24.9 Å². The number of primary amides is 1. The minimum absolute atomic E-state index is 0.0777. The van der Waals surface area contributed by atoms with Crippen LogP contribution in [0.5, 0.6) is 11.5 Å². The summed E-state index contributed by atoms with van der Waals surface area (Å²) in [5.41, 5.74) is 5.11. The van der Waals surface area contributed by atoms with Gasteiger partial charge in [0, 0.05) is 5.56 Å². The van der Waals surface area contributed by atoms with E-state index in [4.69, 9.17) is 10.5 Å². The summed E-state index contributed by atoms with van der Waals surface area (Å²) in [6.07, 6.45) is -3.08. The van der Waals surface area contributed by atoms with Gasteiger partial charge < -0.3 is 25.8 Å². The largest absolute Gasteiger partial charge is 0.508 e. The first-order chi connectivity index (χ1) is 7.95. The smallest absolute Gasteiger partial charge is 0.220 e. The molecule has 1 amide bonds. The minimum Gasteiger partial charge on any atom is -0.508 e. The van der Waals surface area contributed by atoms with Crippen molar-refractivity contribution in [2.24, 2.45) is 5.73 Å². The summed E-state index contributed by atoms with van der Waals surface area (Å²) in [4.78, 5) is 10.6. The van der Waals surface area contributed by atoms with Crippen LogP contribution >= 0.6 is 0 Å². The molecule has 1 rings (SSSR count). The number of aliphatic hydroxyl groups excluding tert-OH is 2. The Bertz CT molecular complexity index is 407. The van der Waals surface area contributed by atoms with Crippen LogP contribution in [-0.4, -0.2) is 34.4 Å². The Balaban J connectivity index is 2.97. The maximum atomic E-state index is 10.6. The second-order valence-electron chi connectivity index (χ2n) is 3.61. The van der Waals surface area contributed by atoms with E-state index < -0.39 is 18.1 Å². The number of aliphatic hydroxyl groups is 2. The zero-order chi connectivity index (χ0) is 13.0. The first-order valence-corrected chi connectivity index (χ1v) is 4.97. The van der Waals surface area contributed by atoms with Crippen LogP contribution in [-0.2, 0) is 4.79 Å². The molecule has 2 atom stereocenters. The molecule has 0 heterocycles. The summed E-state index contributed by atoms with van der Waals surface area (Å²) < 4.78 is 4.98. The van der Waals surface area contributed by atoms with Crippen molar-refractivity contribution >= 4 is 5.91 Å². The van der Waals surface area contributed by atoms with Gasteiger partial charge >= 0.3 is 0 Å². The van der Waals surface area contributed by atoms with E-state index in [1.54, 1.807) is 0 Å². The lowest BCUT2D eigenvalue weighted by atomic mass is 10.0. The maximum Gasteiger partial charge on any atom is 0.220 e. The monoisotopic (exact) mass is 241 g/mol. The topological polar surface area (TPSA) is 113 Å². The lowest BCUT2D eigenvalue weighted by molar-refractivity contribution is -0.121. The summed E-state index contributed by atoms with van der Waals surface area (Å²) in [7, 11) is 1.39. The summed E-state index contributed by atoms with van der Waals surface area (Å²) in [6, 6.07) is 4.09. The van der Waals surface area contributed by atoms with Crippen molar-refractivity contribution in [1.82, 2.24) is 0 Å². The van der Waals surface area contributed by atoms with Crippen LogP contribution in [0, 0.1) is 0 Å². The molecule has 0 saturated carbocycles. The Kier molecular flexibility index (Phi) is 4.30. The van der Waals surface area contributed by atoms with Crippen LogP contribution in [0.25, 0.3) is 0 Å².